The van der Waals surface area contributed by atoms with Crippen LogP contribution in [0, 0.1) is 5.92 Å². The van der Waals surface area contributed by atoms with Gasteiger partial charge < -0.3 is 0 Å². The molecule has 0 bridgehead atoms. The van der Waals surface area contributed by atoms with Crippen molar-refractivity contribution in [3.05, 3.63) is 47.5 Å². The first-order chi connectivity index (χ1) is 9.33. The number of hydrogen-bond acceptors (Lipinski definition) is 0. The maximum atomic E-state index is 12.5. The minimum absolute atomic E-state index is 0.257. The van der Waals surface area contributed by atoms with Crippen LogP contribution in [0.15, 0.2) is 36.4 Å². The molecule has 0 aromatic heterocycles. The number of benzene rings is 1. The standard InChI is InChI=1S/C17H22F2/c18-12-2-1-3-14-4-8-16(9-5-14)17-10-6-15(13-19)7-11-17/h1,3,6-7,10-11,14,16H,2,4-5,8-9,12-13H2/b3-1+/t14-,16-. The second-order valence-electron chi connectivity index (χ2n) is 5.39. The van der Waals surface area contributed by atoms with Gasteiger partial charge in [0, 0.05) is 0 Å². The SMILES string of the molecule is FCC/C=C/[C@H]1CC[C@H](c2ccc(CF)cc2)CC1. The first kappa shape index (κ1) is 14.2. The molecule has 0 saturated heterocycles. The maximum Gasteiger partial charge on any atom is 0.115 e. The van der Waals surface area contributed by atoms with Gasteiger partial charge in [-0.3, -0.25) is 4.39 Å². The van der Waals surface area contributed by atoms with E-state index in [4.69, 9.17) is 0 Å². The second-order valence-corrected chi connectivity index (χ2v) is 5.39. The maximum absolute atomic E-state index is 12.5. The Kier molecular flexibility index (Phi) is 5.56. The molecule has 19 heavy (non-hydrogen) atoms. The zero-order valence-corrected chi connectivity index (χ0v) is 11.3. The average Bonchev–Trinajstić information content (AvgIpc) is 2.48. The van der Waals surface area contributed by atoms with Gasteiger partial charge in [0.2, 0.25) is 0 Å². The fourth-order valence-electron chi connectivity index (χ4n) is 2.88. The van der Waals surface area contributed by atoms with E-state index in [1.54, 1.807) is 0 Å². The highest BCUT2D eigenvalue weighted by Crippen LogP contribution is 2.36. The molecule has 1 aliphatic rings. The summed E-state index contributed by atoms with van der Waals surface area (Å²) in [6.45, 7) is -0.640. The summed E-state index contributed by atoms with van der Waals surface area (Å²) in [5, 5.41) is 0. The van der Waals surface area contributed by atoms with Crippen LogP contribution in [-0.4, -0.2) is 6.67 Å². The number of hydrogen-bond donors (Lipinski definition) is 0. The molecule has 2 rings (SSSR count). The van der Waals surface area contributed by atoms with E-state index in [0.29, 0.717) is 18.3 Å². The lowest BCUT2D eigenvalue weighted by atomic mass is 9.78. The predicted octanol–water partition coefficient (Wildman–Crippen LogP) is 5.35. The number of allylic oxidation sites excluding steroid dienone is 2. The summed E-state index contributed by atoms with van der Waals surface area (Å²) in [6, 6.07) is 7.92. The van der Waals surface area contributed by atoms with Crippen molar-refractivity contribution in [2.75, 3.05) is 6.67 Å². The molecule has 0 heterocycles. The molecular weight excluding hydrogens is 242 g/mol. The summed E-state index contributed by atoms with van der Waals surface area (Å²) < 4.78 is 24.5. The van der Waals surface area contributed by atoms with Crippen molar-refractivity contribution in [3.8, 4) is 0 Å². The molecule has 0 nitrogen and oxygen atoms in total. The lowest BCUT2D eigenvalue weighted by Crippen LogP contribution is -2.11. The van der Waals surface area contributed by atoms with Crippen molar-refractivity contribution in [1.82, 2.24) is 0 Å². The smallest absolute Gasteiger partial charge is 0.115 e. The van der Waals surface area contributed by atoms with Gasteiger partial charge in [-0.25, -0.2) is 4.39 Å². The van der Waals surface area contributed by atoms with Crippen LogP contribution in [0.1, 0.15) is 49.1 Å². The molecule has 0 amide bonds. The van der Waals surface area contributed by atoms with Crippen LogP contribution in [0.5, 0.6) is 0 Å². The molecule has 0 spiro atoms. The Hall–Kier alpha value is -1.18. The molecule has 0 unspecified atom stereocenters. The number of alkyl halides is 2. The summed E-state index contributed by atoms with van der Waals surface area (Å²) in [5.74, 6) is 1.23. The molecular formula is C17H22F2. The van der Waals surface area contributed by atoms with E-state index in [9.17, 15) is 8.78 Å². The first-order valence-electron chi connectivity index (χ1n) is 7.21. The monoisotopic (exact) mass is 264 g/mol. The molecule has 1 aliphatic carbocycles. The van der Waals surface area contributed by atoms with E-state index in [-0.39, 0.29) is 13.3 Å². The molecule has 0 radical (unpaired) electrons. The van der Waals surface area contributed by atoms with Gasteiger partial charge in [-0.05, 0) is 55.1 Å². The Morgan fingerprint density at radius 1 is 1.00 bits per heavy atom. The van der Waals surface area contributed by atoms with Gasteiger partial charge in [0.05, 0.1) is 6.67 Å². The summed E-state index contributed by atoms with van der Waals surface area (Å²) in [4.78, 5) is 0. The Labute approximate surface area is 114 Å². The molecule has 1 aromatic rings. The van der Waals surface area contributed by atoms with E-state index in [0.717, 1.165) is 5.56 Å². The lowest BCUT2D eigenvalue weighted by Gasteiger charge is -2.27. The van der Waals surface area contributed by atoms with Crippen LogP contribution in [-0.2, 0) is 6.67 Å². The van der Waals surface area contributed by atoms with Crippen molar-refractivity contribution in [2.24, 2.45) is 5.92 Å². The van der Waals surface area contributed by atoms with Crippen LogP contribution >= 0.6 is 0 Å². The molecule has 1 saturated carbocycles. The van der Waals surface area contributed by atoms with Crippen LogP contribution < -0.4 is 0 Å². The Bertz CT molecular complexity index is 386. The van der Waals surface area contributed by atoms with Crippen LogP contribution in [0.3, 0.4) is 0 Å². The third-order valence-corrected chi connectivity index (χ3v) is 4.06. The van der Waals surface area contributed by atoms with Crippen molar-refractivity contribution in [1.29, 1.82) is 0 Å². The van der Waals surface area contributed by atoms with E-state index >= 15 is 0 Å². The first-order valence-corrected chi connectivity index (χ1v) is 7.21. The molecule has 0 N–H and O–H groups in total. The van der Waals surface area contributed by atoms with E-state index in [1.807, 2.05) is 18.2 Å². The summed E-state index contributed by atoms with van der Waals surface area (Å²) >= 11 is 0. The van der Waals surface area contributed by atoms with E-state index in [1.165, 1.54) is 31.2 Å². The summed E-state index contributed by atoms with van der Waals surface area (Å²) in [7, 11) is 0. The van der Waals surface area contributed by atoms with Crippen LogP contribution in [0.25, 0.3) is 0 Å². The normalized spacial score (nSPS) is 23.9. The number of rotatable bonds is 5. The van der Waals surface area contributed by atoms with E-state index < -0.39 is 0 Å². The van der Waals surface area contributed by atoms with Crippen LogP contribution in [0.4, 0.5) is 8.78 Å². The Balaban J connectivity index is 1.85. The van der Waals surface area contributed by atoms with Gasteiger partial charge in [-0.2, -0.15) is 0 Å². The van der Waals surface area contributed by atoms with Crippen molar-refractivity contribution < 1.29 is 8.78 Å². The van der Waals surface area contributed by atoms with Gasteiger partial charge in [-0.15, -0.1) is 0 Å². The Morgan fingerprint density at radius 2 is 1.68 bits per heavy atom. The number of halogens is 2. The van der Waals surface area contributed by atoms with E-state index in [2.05, 4.69) is 18.2 Å². The topological polar surface area (TPSA) is 0 Å². The molecule has 0 aliphatic heterocycles. The largest absolute Gasteiger partial charge is 0.251 e. The summed E-state index contributed by atoms with van der Waals surface area (Å²) in [5.41, 5.74) is 2.09. The molecule has 1 fully saturated rings. The van der Waals surface area contributed by atoms with Crippen molar-refractivity contribution >= 4 is 0 Å². The highest BCUT2D eigenvalue weighted by Gasteiger charge is 2.20. The average molecular weight is 264 g/mol. The molecule has 0 atom stereocenters. The van der Waals surface area contributed by atoms with Crippen LogP contribution in [0.2, 0.25) is 0 Å². The molecule has 1 aromatic carbocycles. The fourth-order valence-corrected chi connectivity index (χ4v) is 2.88. The van der Waals surface area contributed by atoms with Gasteiger partial charge in [-0.1, -0.05) is 36.4 Å². The minimum atomic E-state index is -0.383. The molecule has 2 heteroatoms. The summed E-state index contributed by atoms with van der Waals surface area (Å²) in [6.07, 6.45) is 9.42. The fraction of sp³-hybridized carbons (Fsp3) is 0.529. The highest BCUT2D eigenvalue weighted by molar-refractivity contribution is 5.25. The van der Waals surface area contributed by atoms with Gasteiger partial charge in [0.1, 0.15) is 6.67 Å². The van der Waals surface area contributed by atoms with Gasteiger partial charge in [0.15, 0.2) is 0 Å². The molecule has 104 valence electrons. The highest BCUT2D eigenvalue weighted by atomic mass is 19.1. The van der Waals surface area contributed by atoms with Gasteiger partial charge >= 0.3 is 0 Å². The zero-order valence-electron chi connectivity index (χ0n) is 11.3. The predicted molar refractivity (Wildman–Crippen MR) is 75.7 cm³/mol. The third-order valence-electron chi connectivity index (χ3n) is 4.06. The van der Waals surface area contributed by atoms with Gasteiger partial charge in [0.25, 0.3) is 0 Å². The quantitative estimate of drug-likeness (QED) is 0.629. The zero-order chi connectivity index (χ0) is 13.5. The minimum Gasteiger partial charge on any atom is -0.251 e. The van der Waals surface area contributed by atoms with Crippen molar-refractivity contribution in [3.63, 3.8) is 0 Å². The third kappa shape index (κ3) is 4.15. The Morgan fingerprint density at radius 3 is 2.26 bits per heavy atom. The van der Waals surface area contributed by atoms with Crippen molar-refractivity contribution in [2.45, 2.75) is 44.7 Å². The second kappa shape index (κ2) is 7.42. The lowest BCUT2D eigenvalue weighted by molar-refractivity contribution is 0.375.